The Kier molecular flexibility index (Phi) is 6.57. The SMILES string of the molecule is Brc1ccc2nccc(N3CCNCC3)c2c1.CC(C)(C)OC=O. The second kappa shape index (κ2) is 8.44. The van der Waals surface area contributed by atoms with Crippen LogP contribution in [0.4, 0.5) is 5.69 Å². The summed E-state index contributed by atoms with van der Waals surface area (Å²) in [5, 5.41) is 4.60. The van der Waals surface area contributed by atoms with E-state index in [1.54, 1.807) is 0 Å². The number of pyridine rings is 1. The van der Waals surface area contributed by atoms with Gasteiger partial charge in [0.15, 0.2) is 0 Å². The van der Waals surface area contributed by atoms with E-state index in [2.05, 4.69) is 54.1 Å². The summed E-state index contributed by atoms with van der Waals surface area (Å²) in [5.74, 6) is 0. The lowest BCUT2D eigenvalue weighted by atomic mass is 10.1. The molecule has 2 aromatic rings. The summed E-state index contributed by atoms with van der Waals surface area (Å²) in [7, 11) is 0. The first kappa shape index (κ1) is 18.7. The van der Waals surface area contributed by atoms with Crippen molar-refractivity contribution in [3.63, 3.8) is 0 Å². The minimum absolute atomic E-state index is 0.318. The van der Waals surface area contributed by atoms with Gasteiger partial charge in [0.1, 0.15) is 5.60 Å². The van der Waals surface area contributed by atoms with Gasteiger partial charge >= 0.3 is 0 Å². The fraction of sp³-hybridized carbons (Fsp3) is 0.444. The smallest absolute Gasteiger partial charge is 0.293 e. The first-order chi connectivity index (χ1) is 11.4. The number of piperazine rings is 1. The molecule has 1 N–H and O–H groups in total. The Bertz CT molecular complexity index is 680. The zero-order valence-corrected chi connectivity index (χ0v) is 16.0. The topological polar surface area (TPSA) is 54.5 Å². The minimum Gasteiger partial charge on any atom is -0.462 e. The van der Waals surface area contributed by atoms with E-state index in [-0.39, 0.29) is 5.60 Å². The van der Waals surface area contributed by atoms with Crippen molar-refractivity contribution in [2.24, 2.45) is 0 Å². The number of anilines is 1. The Hall–Kier alpha value is -1.66. The Balaban J connectivity index is 0.000000256. The molecule has 0 radical (unpaired) electrons. The van der Waals surface area contributed by atoms with E-state index < -0.39 is 0 Å². The summed E-state index contributed by atoms with van der Waals surface area (Å²) >= 11 is 3.53. The van der Waals surface area contributed by atoms with E-state index in [0.29, 0.717) is 6.47 Å². The van der Waals surface area contributed by atoms with Gasteiger partial charge in [0.25, 0.3) is 6.47 Å². The zero-order chi connectivity index (χ0) is 17.6. The van der Waals surface area contributed by atoms with Crippen LogP contribution in [0.15, 0.2) is 34.9 Å². The van der Waals surface area contributed by atoms with Gasteiger partial charge in [-0.1, -0.05) is 15.9 Å². The third-order valence-corrected chi connectivity index (χ3v) is 4.03. The second-order valence-corrected chi connectivity index (χ2v) is 7.47. The number of nitrogens with zero attached hydrogens (tertiary/aromatic N) is 2. The van der Waals surface area contributed by atoms with Crippen molar-refractivity contribution in [2.45, 2.75) is 26.4 Å². The van der Waals surface area contributed by atoms with Gasteiger partial charge < -0.3 is 15.0 Å². The maximum absolute atomic E-state index is 9.60. The Labute approximate surface area is 151 Å². The number of nitrogens with one attached hydrogen (secondary N) is 1. The van der Waals surface area contributed by atoms with E-state index in [0.717, 1.165) is 36.2 Å². The van der Waals surface area contributed by atoms with Gasteiger partial charge in [-0.2, -0.15) is 0 Å². The molecule has 3 rings (SSSR count). The van der Waals surface area contributed by atoms with Crippen molar-refractivity contribution in [2.75, 3.05) is 31.1 Å². The van der Waals surface area contributed by atoms with Crippen molar-refractivity contribution in [1.82, 2.24) is 10.3 Å². The van der Waals surface area contributed by atoms with Crippen molar-refractivity contribution in [3.05, 3.63) is 34.9 Å². The van der Waals surface area contributed by atoms with Crippen LogP contribution in [0.5, 0.6) is 0 Å². The first-order valence-electron chi connectivity index (χ1n) is 8.02. The normalized spacial score (nSPS) is 14.8. The van der Waals surface area contributed by atoms with E-state index in [1.165, 1.54) is 11.1 Å². The van der Waals surface area contributed by atoms with Crippen LogP contribution >= 0.6 is 15.9 Å². The highest BCUT2D eigenvalue weighted by Gasteiger charge is 2.13. The number of ether oxygens (including phenoxy) is 1. The molecule has 24 heavy (non-hydrogen) atoms. The molecule has 5 nitrogen and oxygen atoms in total. The number of benzene rings is 1. The number of carbonyl (C=O) groups excluding carboxylic acids is 1. The fourth-order valence-corrected chi connectivity index (χ4v) is 2.79. The predicted molar refractivity (Wildman–Crippen MR) is 101 cm³/mol. The van der Waals surface area contributed by atoms with Crippen LogP contribution in [0.3, 0.4) is 0 Å². The van der Waals surface area contributed by atoms with E-state index in [9.17, 15) is 4.79 Å². The molecule has 0 saturated carbocycles. The summed E-state index contributed by atoms with van der Waals surface area (Å²) in [5.41, 5.74) is 2.03. The van der Waals surface area contributed by atoms with E-state index >= 15 is 0 Å². The molecule has 1 fully saturated rings. The van der Waals surface area contributed by atoms with Gasteiger partial charge in [-0.3, -0.25) is 9.78 Å². The van der Waals surface area contributed by atoms with Gasteiger partial charge in [-0.15, -0.1) is 0 Å². The van der Waals surface area contributed by atoms with Crippen molar-refractivity contribution in [1.29, 1.82) is 0 Å². The number of rotatable bonds is 2. The average Bonchev–Trinajstić information content (AvgIpc) is 2.54. The Morgan fingerprint density at radius 1 is 1.25 bits per heavy atom. The summed E-state index contributed by atoms with van der Waals surface area (Å²) in [6, 6.07) is 8.36. The van der Waals surface area contributed by atoms with Crippen molar-refractivity contribution < 1.29 is 9.53 Å². The molecule has 1 aliphatic heterocycles. The number of aromatic nitrogens is 1. The number of fused-ring (bicyclic) bond motifs is 1. The molecule has 0 unspecified atom stereocenters. The molecular formula is C18H24BrN3O2. The Morgan fingerprint density at radius 3 is 2.54 bits per heavy atom. The van der Waals surface area contributed by atoms with Crippen molar-refractivity contribution >= 4 is 39.0 Å². The second-order valence-electron chi connectivity index (χ2n) is 6.56. The van der Waals surface area contributed by atoms with E-state index in [4.69, 9.17) is 0 Å². The molecule has 0 spiro atoms. The molecule has 1 aromatic heterocycles. The monoisotopic (exact) mass is 393 g/mol. The molecular weight excluding hydrogens is 370 g/mol. The largest absolute Gasteiger partial charge is 0.462 e. The van der Waals surface area contributed by atoms with Gasteiger partial charge in [0.05, 0.1) is 5.52 Å². The molecule has 1 aliphatic rings. The van der Waals surface area contributed by atoms with Crippen LogP contribution in [-0.4, -0.2) is 43.2 Å². The quantitative estimate of drug-likeness (QED) is 0.792. The summed E-state index contributed by atoms with van der Waals surface area (Å²) in [4.78, 5) is 16.4. The maximum atomic E-state index is 9.60. The van der Waals surface area contributed by atoms with Gasteiger partial charge in [-0.25, -0.2) is 0 Å². The van der Waals surface area contributed by atoms with E-state index in [1.807, 2.05) is 33.0 Å². The lowest BCUT2D eigenvalue weighted by molar-refractivity contribution is -0.138. The highest BCUT2D eigenvalue weighted by molar-refractivity contribution is 9.10. The van der Waals surface area contributed by atoms with Gasteiger partial charge in [0, 0.05) is 47.9 Å². The summed E-state index contributed by atoms with van der Waals surface area (Å²) < 4.78 is 5.65. The number of hydrogen-bond donors (Lipinski definition) is 1. The lowest BCUT2D eigenvalue weighted by Gasteiger charge is -2.30. The maximum Gasteiger partial charge on any atom is 0.293 e. The van der Waals surface area contributed by atoms with Crippen LogP contribution in [0.1, 0.15) is 20.8 Å². The van der Waals surface area contributed by atoms with Crippen LogP contribution in [0.25, 0.3) is 10.9 Å². The van der Waals surface area contributed by atoms with Gasteiger partial charge in [0.2, 0.25) is 0 Å². The highest BCUT2D eigenvalue weighted by Crippen LogP contribution is 2.28. The van der Waals surface area contributed by atoms with Crippen LogP contribution in [0, 0.1) is 0 Å². The minimum atomic E-state index is -0.318. The summed E-state index contributed by atoms with van der Waals surface area (Å²) in [6.45, 7) is 10.1. The Morgan fingerprint density at radius 2 is 1.96 bits per heavy atom. The third kappa shape index (κ3) is 5.46. The lowest BCUT2D eigenvalue weighted by Crippen LogP contribution is -2.43. The summed E-state index contributed by atoms with van der Waals surface area (Å²) in [6.07, 6.45) is 1.90. The standard InChI is InChI=1S/C13H14BrN3.C5H10O2/c14-10-1-2-12-11(9-10)13(3-4-16-12)17-7-5-15-6-8-17;1-5(2,3)7-4-6/h1-4,9,15H,5-8H2;4H,1-3H3. The number of halogens is 1. The number of hydrogen-bond acceptors (Lipinski definition) is 5. The van der Waals surface area contributed by atoms with Crippen LogP contribution < -0.4 is 10.2 Å². The molecule has 0 atom stereocenters. The number of carbonyl (C=O) groups is 1. The molecule has 0 aliphatic carbocycles. The van der Waals surface area contributed by atoms with Gasteiger partial charge in [-0.05, 0) is 45.0 Å². The molecule has 0 amide bonds. The van der Waals surface area contributed by atoms with Crippen LogP contribution in [0.2, 0.25) is 0 Å². The molecule has 1 aromatic carbocycles. The average molecular weight is 394 g/mol. The highest BCUT2D eigenvalue weighted by atomic mass is 79.9. The first-order valence-corrected chi connectivity index (χ1v) is 8.81. The molecule has 2 heterocycles. The molecule has 0 bridgehead atoms. The van der Waals surface area contributed by atoms with Crippen molar-refractivity contribution in [3.8, 4) is 0 Å². The fourth-order valence-electron chi connectivity index (χ4n) is 2.43. The molecule has 6 heteroatoms. The predicted octanol–water partition coefficient (Wildman–Crippen LogP) is 3.36. The van der Waals surface area contributed by atoms with Crippen LogP contribution in [-0.2, 0) is 9.53 Å². The molecule has 130 valence electrons. The zero-order valence-electron chi connectivity index (χ0n) is 14.4. The molecule has 1 saturated heterocycles. The third-order valence-electron chi connectivity index (χ3n) is 3.54.